The fourth-order valence-electron chi connectivity index (χ4n) is 7.90. The molecule has 9 nitrogen and oxygen atoms in total. The third-order valence-corrected chi connectivity index (χ3v) is 12.3. The lowest BCUT2D eigenvalue weighted by molar-refractivity contribution is -0.165. The monoisotopic (exact) mass is 675 g/mol. The van der Waals surface area contributed by atoms with Crippen LogP contribution in [0.3, 0.4) is 0 Å². The molecule has 3 aromatic rings. The second-order valence-electron chi connectivity index (χ2n) is 11.8. The highest BCUT2D eigenvalue weighted by Crippen LogP contribution is 2.60. The molecule has 0 radical (unpaired) electrons. The number of carbonyl (C=O) groups excluding carboxylic acids is 3. The first-order valence-electron chi connectivity index (χ1n) is 14.2. The van der Waals surface area contributed by atoms with Crippen LogP contribution in [0.2, 0.25) is 0 Å². The molecule has 9 rings (SSSR count). The van der Waals surface area contributed by atoms with E-state index in [4.69, 9.17) is 14.2 Å². The van der Waals surface area contributed by atoms with Crippen LogP contribution >= 0.6 is 11.8 Å². The minimum Gasteiger partial charge on any atom is -0.744 e. The zero-order chi connectivity index (χ0) is 32.4. The van der Waals surface area contributed by atoms with Gasteiger partial charge in [-0.2, -0.15) is 8.78 Å². The van der Waals surface area contributed by atoms with E-state index in [-0.39, 0.29) is 11.8 Å². The van der Waals surface area contributed by atoms with Crippen LogP contribution in [-0.2, 0) is 34.0 Å². The quantitative estimate of drug-likeness (QED) is 0.129. The smallest absolute Gasteiger partial charge is 0.316 e. The molecule has 4 bridgehead atoms. The van der Waals surface area contributed by atoms with Crippen LogP contribution in [-0.4, -0.2) is 53.6 Å². The summed E-state index contributed by atoms with van der Waals surface area (Å²) in [5, 5.41) is -1.67. The molecule has 46 heavy (non-hydrogen) atoms. The normalized spacial score (nSPS) is 31.3. The average Bonchev–Trinajstić information content (AvgIpc) is 3.65. The van der Waals surface area contributed by atoms with Gasteiger partial charge >= 0.3 is 17.9 Å². The molecule has 7 atom stereocenters. The molecule has 0 amide bonds. The first kappa shape index (κ1) is 29.5. The number of ether oxygens (including phenoxy) is 3. The van der Waals surface area contributed by atoms with E-state index in [0.29, 0.717) is 6.42 Å². The van der Waals surface area contributed by atoms with Crippen molar-refractivity contribution in [3.8, 4) is 5.75 Å². The Morgan fingerprint density at radius 2 is 1.41 bits per heavy atom. The number of hydrogen-bond donors (Lipinski definition) is 0. The lowest BCUT2D eigenvalue weighted by Gasteiger charge is -2.44. The van der Waals surface area contributed by atoms with Crippen molar-refractivity contribution < 1.29 is 59.1 Å². The van der Waals surface area contributed by atoms with Crippen LogP contribution in [0.1, 0.15) is 40.5 Å². The van der Waals surface area contributed by atoms with E-state index in [9.17, 15) is 44.9 Å². The Morgan fingerprint density at radius 3 is 1.98 bits per heavy atom. The van der Waals surface area contributed by atoms with Gasteiger partial charge in [0, 0.05) is 11.8 Å². The number of carbonyl (C=O) groups is 3. The zero-order valence-electron chi connectivity index (χ0n) is 23.0. The molecule has 0 saturated carbocycles. The second-order valence-corrected chi connectivity index (χ2v) is 14.5. The van der Waals surface area contributed by atoms with Gasteiger partial charge in [0.05, 0.1) is 28.3 Å². The topological polar surface area (TPSA) is 136 Å². The molecule has 3 aliphatic heterocycles. The van der Waals surface area contributed by atoms with Gasteiger partial charge in [-0.3, -0.25) is 14.4 Å². The second kappa shape index (κ2) is 10.0. The van der Waals surface area contributed by atoms with Gasteiger partial charge in [-0.25, -0.2) is 17.2 Å². The molecular weight excluding hydrogens is 656 g/mol. The number of thioether (sulfide) groups is 1. The number of esters is 3. The minimum absolute atomic E-state index is 0.0608. The number of rotatable bonds is 5. The molecule has 3 fully saturated rings. The van der Waals surface area contributed by atoms with Crippen molar-refractivity contribution in [2.75, 3.05) is 0 Å². The Labute approximate surface area is 261 Å². The van der Waals surface area contributed by atoms with Crippen LogP contribution in [0, 0.1) is 41.0 Å². The van der Waals surface area contributed by atoms with Crippen molar-refractivity contribution in [1.82, 2.24) is 0 Å². The summed E-state index contributed by atoms with van der Waals surface area (Å²) in [6.07, 6.45) is -1.61. The fourth-order valence-corrected chi connectivity index (χ4v) is 10.5. The summed E-state index contributed by atoms with van der Waals surface area (Å²) in [7, 11) is -5.99. The predicted octanol–water partition coefficient (Wildman–Crippen LogP) is 3.92. The zero-order valence-corrected chi connectivity index (χ0v) is 24.7. The molecule has 15 heteroatoms. The summed E-state index contributed by atoms with van der Waals surface area (Å²) in [4.78, 5) is 37.6. The van der Waals surface area contributed by atoms with Crippen molar-refractivity contribution in [2.45, 2.75) is 45.9 Å². The van der Waals surface area contributed by atoms with Gasteiger partial charge in [0.15, 0.2) is 23.8 Å². The van der Waals surface area contributed by atoms with Crippen molar-refractivity contribution in [3.63, 3.8) is 0 Å². The Hall–Kier alpha value is -3.95. The highest BCUT2D eigenvalue weighted by atomic mass is 32.2. The van der Waals surface area contributed by atoms with Gasteiger partial charge in [0.25, 0.3) is 0 Å². The van der Waals surface area contributed by atoms with Gasteiger partial charge in [-0.15, -0.1) is 11.8 Å². The standard InChI is InChI=1S/C31H20F4O9S2/c32-19-21(34)28(46(39,40)41)22(35)20(33)23(19)42-30(37)17-18-27-25(44-31(18)38)24(26(17)45-27)43-29(36)15-9-14-10-5-1-3-7-12(10)16(15)13-8-4-2-6-11(13)14/h1-8,14-18,24-27H,9H2,(H,39,40,41)/p-1. The van der Waals surface area contributed by atoms with Gasteiger partial charge < -0.3 is 18.8 Å². The SMILES string of the molecule is O=C(OC1C2OC(=O)C3C2SC1C3C(=O)Oc1c(F)c(F)c(S(=O)(=O)[O-])c(F)c1F)C1CC2c3ccccc3C1c1ccccc12. The van der Waals surface area contributed by atoms with Gasteiger partial charge in [-0.05, 0) is 28.7 Å². The third-order valence-electron chi connectivity index (χ3n) is 9.67. The van der Waals surface area contributed by atoms with Crippen LogP contribution < -0.4 is 4.74 Å². The Kier molecular flexibility index (Phi) is 6.42. The molecule has 238 valence electrons. The first-order valence-corrected chi connectivity index (χ1v) is 16.5. The molecule has 0 N–H and O–H groups in total. The van der Waals surface area contributed by atoms with Crippen LogP contribution in [0.15, 0.2) is 53.4 Å². The minimum atomic E-state index is -5.99. The summed E-state index contributed by atoms with van der Waals surface area (Å²) in [6, 6.07) is 15.6. The Balaban J connectivity index is 1.08. The molecule has 3 aliphatic carbocycles. The van der Waals surface area contributed by atoms with Crippen LogP contribution in [0.4, 0.5) is 17.6 Å². The molecule has 3 saturated heterocycles. The van der Waals surface area contributed by atoms with Crippen LogP contribution in [0.5, 0.6) is 5.75 Å². The summed E-state index contributed by atoms with van der Waals surface area (Å²) in [5.74, 6) is -18.5. The molecular formula is C31H19F4O9S2-. The number of hydrogen-bond acceptors (Lipinski definition) is 10. The van der Waals surface area contributed by atoms with Crippen LogP contribution in [0.25, 0.3) is 0 Å². The average molecular weight is 676 g/mol. The van der Waals surface area contributed by atoms with Gasteiger partial charge in [0.2, 0.25) is 17.4 Å². The van der Waals surface area contributed by atoms with Crippen molar-refractivity contribution in [3.05, 3.63) is 94.1 Å². The van der Waals surface area contributed by atoms with E-state index in [0.717, 1.165) is 34.0 Å². The molecule has 6 aliphatic rings. The summed E-state index contributed by atoms with van der Waals surface area (Å²) in [5.41, 5.74) is 4.23. The Morgan fingerprint density at radius 1 is 0.848 bits per heavy atom. The van der Waals surface area contributed by atoms with E-state index < -0.39 is 102 Å². The molecule has 3 aromatic carbocycles. The maximum atomic E-state index is 14.6. The van der Waals surface area contributed by atoms with E-state index in [1.165, 1.54) is 0 Å². The highest BCUT2D eigenvalue weighted by Gasteiger charge is 2.71. The maximum absolute atomic E-state index is 14.6. The van der Waals surface area contributed by atoms with E-state index in [1.54, 1.807) is 0 Å². The molecule has 0 spiro atoms. The summed E-state index contributed by atoms with van der Waals surface area (Å²) < 4.78 is 108. The highest BCUT2D eigenvalue weighted by molar-refractivity contribution is 8.01. The first-order chi connectivity index (χ1) is 21.9. The number of benzene rings is 3. The van der Waals surface area contributed by atoms with Crippen molar-refractivity contribution in [2.24, 2.45) is 17.8 Å². The van der Waals surface area contributed by atoms with E-state index >= 15 is 0 Å². The fraction of sp³-hybridized carbons (Fsp3) is 0.323. The van der Waals surface area contributed by atoms with Crippen molar-refractivity contribution >= 4 is 39.8 Å². The number of fused-ring (bicyclic) bond motifs is 2. The number of halogens is 4. The summed E-state index contributed by atoms with van der Waals surface area (Å²) in [6.45, 7) is 0. The third kappa shape index (κ3) is 3.97. The lowest BCUT2D eigenvalue weighted by Crippen LogP contribution is -2.49. The maximum Gasteiger partial charge on any atom is 0.316 e. The molecule has 0 aromatic heterocycles. The van der Waals surface area contributed by atoms with Crippen molar-refractivity contribution in [1.29, 1.82) is 0 Å². The van der Waals surface area contributed by atoms with Gasteiger partial charge in [-0.1, -0.05) is 48.5 Å². The van der Waals surface area contributed by atoms with E-state index in [2.05, 4.69) is 0 Å². The van der Waals surface area contributed by atoms with Gasteiger partial charge in [0.1, 0.15) is 15.0 Å². The Bertz CT molecular complexity index is 1930. The predicted molar refractivity (Wildman–Crippen MR) is 146 cm³/mol. The summed E-state index contributed by atoms with van der Waals surface area (Å²) >= 11 is 1.09. The molecule has 7 unspecified atom stereocenters. The molecule has 3 heterocycles. The van der Waals surface area contributed by atoms with E-state index in [1.807, 2.05) is 48.5 Å². The largest absolute Gasteiger partial charge is 0.744 e. The lowest BCUT2D eigenvalue weighted by atomic mass is 9.59.